The maximum Gasteiger partial charge on any atom is 0.374 e. The van der Waals surface area contributed by atoms with E-state index in [1.165, 1.54) is 12.1 Å². The van der Waals surface area contributed by atoms with Gasteiger partial charge in [0.05, 0.1) is 22.7 Å². The molecule has 0 radical (unpaired) electrons. The van der Waals surface area contributed by atoms with Gasteiger partial charge in [-0.2, -0.15) is 0 Å². The van der Waals surface area contributed by atoms with Gasteiger partial charge in [0.15, 0.2) is 0 Å². The Morgan fingerprint density at radius 3 is 2.55 bits per heavy atom. The Labute approximate surface area is 185 Å². The number of nitro benzene ring substituents is 1. The Kier molecular flexibility index (Phi) is 5.61. The van der Waals surface area contributed by atoms with Gasteiger partial charge in [0.2, 0.25) is 5.76 Å². The molecular weight excluding hydrogens is 436 g/mol. The third-order valence-corrected chi connectivity index (χ3v) is 5.00. The summed E-state index contributed by atoms with van der Waals surface area (Å²) in [6, 6.07) is 10.4. The van der Waals surface area contributed by atoms with Crippen molar-refractivity contribution in [2.45, 2.75) is 13.5 Å². The number of imide groups is 1. The Morgan fingerprint density at radius 1 is 1.06 bits per heavy atom. The number of furan rings is 1. The van der Waals surface area contributed by atoms with Crippen LogP contribution in [-0.2, 0) is 20.9 Å². The number of para-hydroxylation sites is 1. The van der Waals surface area contributed by atoms with Crippen LogP contribution in [0.4, 0.5) is 5.69 Å². The van der Waals surface area contributed by atoms with Crippen molar-refractivity contribution in [1.29, 1.82) is 0 Å². The van der Waals surface area contributed by atoms with Crippen molar-refractivity contribution in [3.05, 3.63) is 75.0 Å². The van der Waals surface area contributed by atoms with E-state index in [0.717, 1.165) is 6.07 Å². The van der Waals surface area contributed by atoms with E-state index in [-0.39, 0.29) is 35.7 Å². The number of carbonyl (C=O) groups is 4. The number of benzene rings is 2. The molecule has 1 aliphatic rings. The Hall–Kier alpha value is -4.54. The van der Waals surface area contributed by atoms with Gasteiger partial charge < -0.3 is 13.9 Å². The number of fused-ring (bicyclic) bond motifs is 2. The standard InChI is InChI=1S/C22H16N2O9/c1-2-31-22(28)19-14(12-6-3-4-9-16(12)33-19)11-32-17(25)10-23-20(26)13-7-5-8-15(24(29)30)18(13)21(23)27/h3-9H,2,10-11H2,1H3. The molecule has 168 valence electrons. The van der Waals surface area contributed by atoms with Gasteiger partial charge in [-0.3, -0.25) is 29.4 Å². The van der Waals surface area contributed by atoms with Crippen LogP contribution in [0.15, 0.2) is 46.9 Å². The minimum atomic E-state index is -0.958. The quantitative estimate of drug-likeness (QED) is 0.228. The van der Waals surface area contributed by atoms with Gasteiger partial charge in [-0.25, -0.2) is 4.79 Å². The maximum absolute atomic E-state index is 12.6. The molecule has 0 bridgehead atoms. The molecule has 2 amide bonds. The van der Waals surface area contributed by atoms with Crippen molar-refractivity contribution in [2.75, 3.05) is 13.2 Å². The number of esters is 2. The summed E-state index contributed by atoms with van der Waals surface area (Å²) >= 11 is 0. The summed E-state index contributed by atoms with van der Waals surface area (Å²) in [6.45, 7) is 0.606. The molecule has 1 aromatic heterocycles. The Balaban J connectivity index is 1.53. The van der Waals surface area contributed by atoms with Crippen LogP contribution in [0.5, 0.6) is 0 Å². The predicted octanol–water partition coefficient (Wildman–Crippen LogP) is 2.86. The third-order valence-electron chi connectivity index (χ3n) is 5.00. The van der Waals surface area contributed by atoms with E-state index in [1.807, 2.05) is 0 Å². The summed E-state index contributed by atoms with van der Waals surface area (Å²) in [7, 11) is 0. The smallest absolute Gasteiger partial charge is 0.374 e. The first-order valence-corrected chi connectivity index (χ1v) is 9.80. The van der Waals surface area contributed by atoms with Gasteiger partial charge in [-0.15, -0.1) is 0 Å². The average molecular weight is 452 g/mol. The number of nitro groups is 1. The molecule has 33 heavy (non-hydrogen) atoms. The topological polar surface area (TPSA) is 146 Å². The van der Waals surface area contributed by atoms with Crippen molar-refractivity contribution >= 4 is 40.4 Å². The van der Waals surface area contributed by atoms with Crippen LogP contribution in [0.2, 0.25) is 0 Å². The SMILES string of the molecule is CCOC(=O)c1oc2ccccc2c1COC(=O)CN1C(=O)c2cccc([N+](=O)[O-])c2C1=O. The summed E-state index contributed by atoms with van der Waals surface area (Å²) in [6.07, 6.45) is 0. The molecule has 0 saturated carbocycles. The summed E-state index contributed by atoms with van der Waals surface area (Å²) in [5.74, 6) is -3.60. The average Bonchev–Trinajstić information content (AvgIpc) is 3.29. The van der Waals surface area contributed by atoms with Gasteiger partial charge in [0.1, 0.15) is 24.3 Å². The van der Waals surface area contributed by atoms with Gasteiger partial charge >= 0.3 is 11.9 Å². The molecule has 11 nitrogen and oxygen atoms in total. The van der Waals surface area contributed by atoms with Crippen LogP contribution in [-0.4, -0.2) is 46.7 Å². The van der Waals surface area contributed by atoms with E-state index in [0.29, 0.717) is 15.9 Å². The first kappa shape index (κ1) is 21.7. The minimum absolute atomic E-state index is 0.112. The van der Waals surface area contributed by atoms with Gasteiger partial charge in [-0.05, 0) is 19.1 Å². The van der Waals surface area contributed by atoms with Crippen molar-refractivity contribution in [3.63, 3.8) is 0 Å². The van der Waals surface area contributed by atoms with Crippen molar-refractivity contribution in [3.8, 4) is 0 Å². The molecular formula is C22H16N2O9. The lowest BCUT2D eigenvalue weighted by Gasteiger charge is -2.13. The number of amides is 2. The molecule has 2 heterocycles. The van der Waals surface area contributed by atoms with Crippen LogP contribution < -0.4 is 0 Å². The highest BCUT2D eigenvalue weighted by atomic mass is 16.6. The first-order valence-electron chi connectivity index (χ1n) is 9.80. The summed E-state index contributed by atoms with van der Waals surface area (Å²) in [4.78, 5) is 60.9. The lowest BCUT2D eigenvalue weighted by molar-refractivity contribution is -0.385. The summed E-state index contributed by atoms with van der Waals surface area (Å²) in [5, 5.41) is 11.7. The van der Waals surface area contributed by atoms with E-state index >= 15 is 0 Å². The highest BCUT2D eigenvalue weighted by Crippen LogP contribution is 2.31. The zero-order valence-electron chi connectivity index (χ0n) is 17.2. The zero-order valence-corrected chi connectivity index (χ0v) is 17.2. The van der Waals surface area contributed by atoms with Gasteiger partial charge in [0, 0.05) is 11.5 Å². The molecule has 4 rings (SSSR count). The predicted molar refractivity (Wildman–Crippen MR) is 110 cm³/mol. The van der Waals surface area contributed by atoms with E-state index < -0.39 is 40.9 Å². The number of hydrogen-bond donors (Lipinski definition) is 0. The monoisotopic (exact) mass is 452 g/mol. The van der Waals surface area contributed by atoms with Crippen molar-refractivity contribution in [1.82, 2.24) is 4.90 Å². The van der Waals surface area contributed by atoms with E-state index in [4.69, 9.17) is 13.9 Å². The normalized spacial score (nSPS) is 12.7. The number of rotatable bonds is 7. The Bertz CT molecular complexity index is 1320. The first-order chi connectivity index (χ1) is 15.8. The fraction of sp³-hybridized carbons (Fsp3) is 0.182. The maximum atomic E-state index is 12.6. The van der Waals surface area contributed by atoms with Crippen LogP contribution >= 0.6 is 0 Å². The molecule has 0 fully saturated rings. The molecule has 0 saturated heterocycles. The van der Waals surface area contributed by atoms with Crippen LogP contribution in [0.25, 0.3) is 11.0 Å². The van der Waals surface area contributed by atoms with E-state index in [2.05, 4.69) is 0 Å². The van der Waals surface area contributed by atoms with Gasteiger partial charge in [0.25, 0.3) is 17.5 Å². The van der Waals surface area contributed by atoms with Gasteiger partial charge in [-0.1, -0.05) is 24.3 Å². The lowest BCUT2D eigenvalue weighted by atomic mass is 10.1. The fourth-order valence-corrected chi connectivity index (χ4v) is 3.54. The van der Waals surface area contributed by atoms with Crippen molar-refractivity contribution in [2.24, 2.45) is 0 Å². The van der Waals surface area contributed by atoms with Crippen molar-refractivity contribution < 1.29 is 38.0 Å². The second-order valence-corrected chi connectivity index (χ2v) is 6.94. The second kappa shape index (κ2) is 8.54. The largest absolute Gasteiger partial charge is 0.460 e. The number of nitrogens with zero attached hydrogens (tertiary/aromatic N) is 2. The highest BCUT2D eigenvalue weighted by Gasteiger charge is 2.42. The fourth-order valence-electron chi connectivity index (χ4n) is 3.54. The molecule has 2 aromatic carbocycles. The Morgan fingerprint density at radius 2 is 1.82 bits per heavy atom. The minimum Gasteiger partial charge on any atom is -0.460 e. The van der Waals surface area contributed by atoms with Crippen LogP contribution in [0.3, 0.4) is 0 Å². The summed E-state index contributed by atoms with van der Waals surface area (Å²) < 4.78 is 15.7. The summed E-state index contributed by atoms with van der Waals surface area (Å²) in [5.41, 5.74) is -0.390. The molecule has 0 spiro atoms. The highest BCUT2D eigenvalue weighted by molar-refractivity contribution is 6.24. The van der Waals surface area contributed by atoms with Crippen LogP contribution in [0, 0.1) is 10.1 Å². The molecule has 11 heteroatoms. The molecule has 0 N–H and O–H groups in total. The number of carbonyl (C=O) groups excluding carboxylic acids is 4. The zero-order chi connectivity index (χ0) is 23.7. The van der Waals surface area contributed by atoms with Crippen LogP contribution in [0.1, 0.15) is 43.8 Å². The molecule has 3 aromatic rings. The number of hydrogen-bond acceptors (Lipinski definition) is 9. The molecule has 0 atom stereocenters. The van der Waals surface area contributed by atoms with E-state index in [1.54, 1.807) is 31.2 Å². The lowest BCUT2D eigenvalue weighted by Crippen LogP contribution is -2.35. The molecule has 0 aliphatic carbocycles. The third kappa shape index (κ3) is 3.80. The second-order valence-electron chi connectivity index (χ2n) is 6.94. The van der Waals surface area contributed by atoms with E-state index in [9.17, 15) is 29.3 Å². The number of ether oxygens (including phenoxy) is 2. The molecule has 1 aliphatic heterocycles. The molecule has 0 unspecified atom stereocenters.